The van der Waals surface area contributed by atoms with Gasteiger partial charge < -0.3 is 4.74 Å². The van der Waals surface area contributed by atoms with Gasteiger partial charge in [0.2, 0.25) is 0 Å². The highest BCUT2D eigenvalue weighted by Gasteiger charge is 2.40. The number of nitrogens with one attached hydrogen (secondary N) is 2. The number of alkyl halides is 1. The van der Waals surface area contributed by atoms with E-state index >= 15 is 0 Å². The van der Waals surface area contributed by atoms with E-state index in [-0.39, 0.29) is 35.0 Å². The van der Waals surface area contributed by atoms with E-state index in [1.54, 1.807) is 7.11 Å². The van der Waals surface area contributed by atoms with E-state index in [0.29, 0.717) is 0 Å². The summed E-state index contributed by atoms with van der Waals surface area (Å²) in [6.07, 6.45) is -0.339. The number of halogens is 1. The predicted molar refractivity (Wildman–Crippen MR) is 64.4 cm³/mol. The summed E-state index contributed by atoms with van der Waals surface area (Å²) in [6.45, 7) is 7.69. The molecule has 0 bridgehead atoms. The molecule has 16 heavy (non-hydrogen) atoms. The summed E-state index contributed by atoms with van der Waals surface area (Å²) < 4.78 is 5.19. The number of carbonyl (C=O) groups excluding carboxylic acids is 1. The van der Waals surface area contributed by atoms with E-state index in [1.165, 1.54) is 0 Å². The maximum Gasteiger partial charge on any atom is 0.156 e. The molecule has 0 radical (unpaired) electrons. The van der Waals surface area contributed by atoms with Crippen molar-refractivity contribution in [1.29, 1.82) is 0 Å². The highest BCUT2D eigenvalue weighted by atomic mass is 35.5. The van der Waals surface area contributed by atoms with Crippen molar-refractivity contribution in [2.24, 2.45) is 5.41 Å². The van der Waals surface area contributed by atoms with Gasteiger partial charge in [-0.25, -0.2) is 0 Å². The SMILES string of the molecule is COC1NC(C(=O)C(C)(C)C)C(C)NC1Cl. The molecule has 0 saturated carbocycles. The van der Waals surface area contributed by atoms with Crippen LogP contribution in [0.4, 0.5) is 0 Å². The molecule has 1 aliphatic rings. The van der Waals surface area contributed by atoms with Gasteiger partial charge in [0.05, 0.1) is 6.04 Å². The third-order valence-corrected chi connectivity index (χ3v) is 3.16. The molecular formula is C11H21ClN2O2. The molecular weight excluding hydrogens is 228 g/mol. The van der Waals surface area contributed by atoms with Crippen LogP contribution >= 0.6 is 11.6 Å². The van der Waals surface area contributed by atoms with Crippen LogP contribution in [0.5, 0.6) is 0 Å². The third kappa shape index (κ3) is 2.94. The average Bonchev–Trinajstić information content (AvgIpc) is 2.15. The van der Waals surface area contributed by atoms with Crippen molar-refractivity contribution in [3.8, 4) is 0 Å². The van der Waals surface area contributed by atoms with Crippen LogP contribution in [0, 0.1) is 5.41 Å². The first-order valence-electron chi connectivity index (χ1n) is 5.50. The highest BCUT2D eigenvalue weighted by Crippen LogP contribution is 2.21. The fraction of sp³-hybridized carbons (Fsp3) is 0.909. The van der Waals surface area contributed by atoms with Crippen LogP contribution in [0.3, 0.4) is 0 Å². The lowest BCUT2D eigenvalue weighted by atomic mass is 9.83. The lowest BCUT2D eigenvalue weighted by molar-refractivity contribution is -0.131. The number of hydrogen-bond acceptors (Lipinski definition) is 4. The molecule has 0 aliphatic carbocycles. The Morgan fingerprint density at radius 3 is 2.31 bits per heavy atom. The summed E-state index contributed by atoms with van der Waals surface area (Å²) in [4.78, 5) is 12.2. The number of ketones is 1. The fourth-order valence-corrected chi connectivity index (χ4v) is 2.17. The summed E-state index contributed by atoms with van der Waals surface area (Å²) >= 11 is 6.05. The maximum absolute atomic E-state index is 12.2. The molecule has 0 aromatic rings. The minimum Gasteiger partial charge on any atom is -0.364 e. The van der Waals surface area contributed by atoms with Gasteiger partial charge in [0, 0.05) is 18.6 Å². The summed E-state index contributed by atoms with van der Waals surface area (Å²) in [5.41, 5.74) is -0.686. The van der Waals surface area contributed by atoms with Gasteiger partial charge >= 0.3 is 0 Å². The summed E-state index contributed by atoms with van der Waals surface area (Å²) in [5.74, 6) is 0.165. The van der Waals surface area contributed by atoms with Gasteiger partial charge in [-0.15, -0.1) is 11.6 Å². The second-order valence-electron chi connectivity index (χ2n) is 5.27. The summed E-state index contributed by atoms with van der Waals surface area (Å²) in [7, 11) is 1.57. The van der Waals surface area contributed by atoms with Gasteiger partial charge in [-0.2, -0.15) is 0 Å². The Bertz CT molecular complexity index is 265. The number of methoxy groups -OCH3 is 1. The maximum atomic E-state index is 12.2. The number of Topliss-reactive ketones (excluding diaryl/α,β-unsaturated/α-hetero) is 1. The van der Waals surface area contributed by atoms with E-state index in [2.05, 4.69) is 10.6 Å². The van der Waals surface area contributed by atoms with Crippen molar-refractivity contribution in [3.05, 3.63) is 0 Å². The second kappa shape index (κ2) is 5.00. The smallest absolute Gasteiger partial charge is 0.156 e. The van der Waals surface area contributed by atoms with Crippen LogP contribution in [0.15, 0.2) is 0 Å². The first-order chi connectivity index (χ1) is 7.27. The average molecular weight is 249 g/mol. The first-order valence-corrected chi connectivity index (χ1v) is 5.94. The number of hydrogen-bond donors (Lipinski definition) is 2. The zero-order valence-corrected chi connectivity index (χ0v) is 11.3. The van der Waals surface area contributed by atoms with Crippen LogP contribution < -0.4 is 10.6 Å². The number of rotatable bonds is 2. The van der Waals surface area contributed by atoms with Crippen molar-refractivity contribution < 1.29 is 9.53 Å². The molecule has 1 aliphatic heterocycles. The molecule has 2 N–H and O–H groups in total. The standard InChI is InChI=1S/C11H21ClN2O2/c1-6-7(8(15)11(2,3)4)14-10(16-5)9(12)13-6/h6-7,9-10,13-14H,1-5H3. The van der Waals surface area contributed by atoms with Gasteiger partial charge in [-0.1, -0.05) is 20.8 Å². The van der Waals surface area contributed by atoms with E-state index < -0.39 is 0 Å². The molecule has 5 heteroatoms. The predicted octanol–water partition coefficient (Wildman–Crippen LogP) is 1.09. The van der Waals surface area contributed by atoms with E-state index in [4.69, 9.17) is 16.3 Å². The van der Waals surface area contributed by atoms with Crippen LogP contribution in [0.2, 0.25) is 0 Å². The number of piperazine rings is 1. The van der Waals surface area contributed by atoms with E-state index in [0.717, 1.165) is 0 Å². The molecule has 1 rings (SSSR count). The Hall–Kier alpha value is -0.160. The van der Waals surface area contributed by atoms with Gasteiger partial charge in [-0.05, 0) is 6.92 Å². The molecule has 4 atom stereocenters. The Kier molecular flexibility index (Phi) is 4.35. The zero-order chi connectivity index (χ0) is 12.5. The van der Waals surface area contributed by atoms with E-state index in [9.17, 15) is 4.79 Å². The van der Waals surface area contributed by atoms with Crippen molar-refractivity contribution in [3.63, 3.8) is 0 Å². The van der Waals surface area contributed by atoms with Crippen molar-refractivity contribution >= 4 is 17.4 Å². The van der Waals surface area contributed by atoms with Crippen molar-refractivity contribution in [2.45, 2.75) is 51.5 Å². The van der Waals surface area contributed by atoms with E-state index in [1.807, 2.05) is 27.7 Å². The number of carbonyl (C=O) groups is 1. The Morgan fingerprint density at radius 2 is 1.88 bits per heavy atom. The van der Waals surface area contributed by atoms with Crippen LogP contribution in [-0.2, 0) is 9.53 Å². The lowest BCUT2D eigenvalue weighted by Crippen LogP contribution is -2.67. The normalized spacial score (nSPS) is 36.1. The molecule has 1 heterocycles. The van der Waals surface area contributed by atoms with Gasteiger partial charge in [0.1, 0.15) is 11.7 Å². The second-order valence-corrected chi connectivity index (χ2v) is 5.74. The topological polar surface area (TPSA) is 50.4 Å². The summed E-state index contributed by atoms with van der Waals surface area (Å²) in [6, 6.07) is -0.263. The van der Waals surface area contributed by atoms with Crippen LogP contribution in [0.25, 0.3) is 0 Å². The Labute approximate surface area is 102 Å². The van der Waals surface area contributed by atoms with Crippen molar-refractivity contribution in [1.82, 2.24) is 10.6 Å². The molecule has 0 aromatic carbocycles. The minimum absolute atomic E-state index is 0.000579. The molecule has 4 unspecified atom stereocenters. The fourth-order valence-electron chi connectivity index (χ4n) is 1.80. The molecule has 1 fully saturated rings. The quantitative estimate of drug-likeness (QED) is 0.568. The molecule has 0 spiro atoms. The van der Waals surface area contributed by atoms with Crippen molar-refractivity contribution in [2.75, 3.05) is 7.11 Å². The Balaban J connectivity index is 2.77. The van der Waals surface area contributed by atoms with Gasteiger partial charge in [0.25, 0.3) is 0 Å². The van der Waals surface area contributed by atoms with Gasteiger partial charge in [0.15, 0.2) is 5.78 Å². The number of ether oxygens (including phenoxy) is 1. The lowest BCUT2D eigenvalue weighted by Gasteiger charge is -2.40. The Morgan fingerprint density at radius 1 is 1.31 bits per heavy atom. The molecule has 94 valence electrons. The van der Waals surface area contributed by atoms with Crippen LogP contribution in [-0.4, -0.2) is 36.7 Å². The van der Waals surface area contributed by atoms with Gasteiger partial charge in [-0.3, -0.25) is 15.4 Å². The summed E-state index contributed by atoms with van der Waals surface area (Å²) in [5, 5.41) is 6.28. The molecule has 1 saturated heterocycles. The molecule has 0 amide bonds. The third-order valence-electron chi connectivity index (χ3n) is 2.81. The molecule has 0 aromatic heterocycles. The minimum atomic E-state index is -0.370. The largest absolute Gasteiger partial charge is 0.364 e. The molecule has 4 nitrogen and oxygen atoms in total. The first kappa shape index (κ1) is 13.9. The zero-order valence-electron chi connectivity index (χ0n) is 10.5. The van der Waals surface area contributed by atoms with Crippen LogP contribution in [0.1, 0.15) is 27.7 Å². The monoisotopic (exact) mass is 248 g/mol. The highest BCUT2D eigenvalue weighted by molar-refractivity contribution is 6.20.